The quantitative estimate of drug-likeness (QED) is 0.832. The number of rotatable bonds is 4. The lowest BCUT2D eigenvalue weighted by Gasteiger charge is -2.38. The maximum atomic E-state index is 12.0. The van der Waals surface area contributed by atoms with Crippen LogP contribution in [0.3, 0.4) is 0 Å². The van der Waals surface area contributed by atoms with Crippen LogP contribution < -0.4 is 11.1 Å². The number of carbonyl (C=O) groups is 2. The summed E-state index contributed by atoms with van der Waals surface area (Å²) in [5, 5.41) is 2.84. The average Bonchev–Trinajstić information content (AvgIpc) is 2.83. The Bertz CT molecular complexity index is 569. The number of carbonyl (C=O) groups excluding carboxylic acids is 2. The van der Waals surface area contributed by atoms with Gasteiger partial charge in [-0.05, 0) is 30.9 Å². The van der Waals surface area contributed by atoms with Gasteiger partial charge in [-0.1, -0.05) is 0 Å². The van der Waals surface area contributed by atoms with E-state index in [-0.39, 0.29) is 18.7 Å². The Hall–Kier alpha value is -2.15. The molecule has 0 bridgehead atoms. The number of amides is 3. The highest BCUT2D eigenvalue weighted by Gasteiger charge is 2.31. The van der Waals surface area contributed by atoms with E-state index in [1.165, 1.54) is 5.56 Å². The highest BCUT2D eigenvalue weighted by molar-refractivity contribution is 5.89. The first-order valence-corrected chi connectivity index (χ1v) is 7.05. The number of hydrogen-bond acceptors (Lipinski definition) is 4. The minimum atomic E-state index is -0.498. The van der Waals surface area contributed by atoms with Crippen LogP contribution in [0.4, 0.5) is 10.5 Å². The molecule has 1 aliphatic heterocycles. The van der Waals surface area contributed by atoms with Crippen LogP contribution in [-0.4, -0.2) is 47.6 Å². The zero-order valence-electron chi connectivity index (χ0n) is 11.7. The van der Waals surface area contributed by atoms with E-state index in [0.717, 1.165) is 30.6 Å². The van der Waals surface area contributed by atoms with Gasteiger partial charge in [-0.25, -0.2) is 4.79 Å². The van der Waals surface area contributed by atoms with Crippen LogP contribution >= 0.6 is 0 Å². The highest BCUT2D eigenvalue weighted by Crippen LogP contribution is 2.23. The third-order valence-electron chi connectivity index (χ3n) is 3.77. The van der Waals surface area contributed by atoms with E-state index in [1.54, 1.807) is 11.1 Å². The first-order chi connectivity index (χ1) is 10.1. The molecule has 7 nitrogen and oxygen atoms in total. The monoisotopic (exact) mass is 290 g/mol. The number of nitrogens with zero attached hydrogens (tertiary/aromatic N) is 2. The number of urea groups is 1. The summed E-state index contributed by atoms with van der Waals surface area (Å²) in [7, 11) is 0. The number of fused-ring (bicyclic) bond motifs is 1. The van der Waals surface area contributed by atoms with Crippen molar-refractivity contribution in [1.82, 2.24) is 9.88 Å². The number of pyridine rings is 1. The van der Waals surface area contributed by atoms with Crippen LogP contribution in [-0.2, 0) is 22.4 Å². The topological polar surface area (TPSA) is 97.6 Å². The fourth-order valence-electron chi connectivity index (χ4n) is 2.61. The predicted molar refractivity (Wildman–Crippen MR) is 75.8 cm³/mol. The molecule has 0 spiro atoms. The maximum Gasteiger partial charge on any atom is 0.322 e. The largest absolute Gasteiger partial charge is 0.368 e. The van der Waals surface area contributed by atoms with Crippen molar-refractivity contribution in [3.05, 3.63) is 23.5 Å². The summed E-state index contributed by atoms with van der Waals surface area (Å²) < 4.78 is 5.22. The third-order valence-corrected chi connectivity index (χ3v) is 3.77. The Kier molecular flexibility index (Phi) is 3.74. The van der Waals surface area contributed by atoms with Gasteiger partial charge in [0.15, 0.2) is 0 Å². The van der Waals surface area contributed by atoms with E-state index in [1.807, 2.05) is 6.07 Å². The van der Waals surface area contributed by atoms with Crippen molar-refractivity contribution in [1.29, 1.82) is 0 Å². The summed E-state index contributed by atoms with van der Waals surface area (Å²) >= 11 is 0. The number of nitrogens with one attached hydrogen (secondary N) is 1. The number of anilines is 1. The second kappa shape index (κ2) is 5.69. The van der Waals surface area contributed by atoms with Crippen molar-refractivity contribution in [2.75, 3.05) is 25.0 Å². The third kappa shape index (κ3) is 3.13. The summed E-state index contributed by atoms with van der Waals surface area (Å²) in [6, 6.07) is 1.82. The van der Waals surface area contributed by atoms with E-state index >= 15 is 0 Å². The Morgan fingerprint density at radius 1 is 1.43 bits per heavy atom. The van der Waals surface area contributed by atoms with Crippen molar-refractivity contribution < 1.29 is 14.3 Å². The molecule has 3 amide bonds. The number of aromatic nitrogens is 1. The van der Waals surface area contributed by atoms with E-state index < -0.39 is 5.91 Å². The molecule has 0 saturated carbocycles. The fourth-order valence-corrected chi connectivity index (χ4v) is 2.61. The van der Waals surface area contributed by atoms with Gasteiger partial charge in [0.2, 0.25) is 5.91 Å². The lowest BCUT2D eigenvalue weighted by atomic mass is 10.2. The van der Waals surface area contributed by atoms with Gasteiger partial charge in [0, 0.05) is 5.69 Å². The summed E-state index contributed by atoms with van der Waals surface area (Å²) in [4.78, 5) is 28.6. The lowest BCUT2D eigenvalue weighted by Crippen LogP contribution is -2.56. The van der Waals surface area contributed by atoms with Crippen LogP contribution in [0.2, 0.25) is 0 Å². The minimum absolute atomic E-state index is 0.102. The number of ether oxygens (including phenoxy) is 1. The number of aryl methyl sites for hydroxylation is 2. The van der Waals surface area contributed by atoms with Crippen LogP contribution in [0.15, 0.2) is 12.3 Å². The van der Waals surface area contributed by atoms with Gasteiger partial charge >= 0.3 is 6.03 Å². The molecular weight excluding hydrogens is 272 g/mol. The Morgan fingerprint density at radius 3 is 3.00 bits per heavy atom. The molecule has 1 aromatic heterocycles. The Balaban J connectivity index is 1.48. The van der Waals surface area contributed by atoms with E-state index in [0.29, 0.717) is 13.1 Å². The number of likely N-dealkylation sites (tertiary alicyclic amines) is 1. The molecule has 2 heterocycles. The molecular formula is C14H18N4O3. The lowest BCUT2D eigenvalue weighted by molar-refractivity contribution is -0.127. The normalized spacial score (nSPS) is 17.2. The molecule has 3 N–H and O–H groups in total. The molecule has 1 aromatic rings. The zero-order chi connectivity index (χ0) is 14.8. The SMILES string of the molecule is NC(=O)COC1CN(C(=O)Nc2cnc3c(c2)CCC3)C1. The molecule has 21 heavy (non-hydrogen) atoms. The molecule has 1 aliphatic carbocycles. The summed E-state index contributed by atoms with van der Waals surface area (Å²) in [6.45, 7) is 0.837. The predicted octanol–water partition coefficient (Wildman–Crippen LogP) is 0.288. The second-order valence-corrected chi connectivity index (χ2v) is 5.42. The first kappa shape index (κ1) is 13.8. The molecule has 1 fully saturated rings. The van der Waals surface area contributed by atoms with Crippen LogP contribution in [0.5, 0.6) is 0 Å². The van der Waals surface area contributed by atoms with Gasteiger partial charge in [-0.3, -0.25) is 9.78 Å². The van der Waals surface area contributed by atoms with Crippen molar-refractivity contribution >= 4 is 17.6 Å². The standard InChI is InChI=1S/C14H18N4O3/c15-13(19)8-21-11-6-18(7-11)14(20)17-10-4-9-2-1-3-12(9)16-5-10/h4-5,11H,1-3,6-8H2,(H2,15,19)(H,17,20). The molecule has 7 heteroatoms. The molecule has 1 saturated heterocycles. The summed E-state index contributed by atoms with van der Waals surface area (Å²) in [5.41, 5.74) is 8.08. The average molecular weight is 290 g/mol. The number of hydrogen-bond donors (Lipinski definition) is 2. The van der Waals surface area contributed by atoms with Gasteiger partial charge in [-0.15, -0.1) is 0 Å². The fraction of sp³-hybridized carbons (Fsp3) is 0.500. The van der Waals surface area contributed by atoms with Gasteiger partial charge in [0.1, 0.15) is 6.61 Å². The smallest absolute Gasteiger partial charge is 0.322 e. The highest BCUT2D eigenvalue weighted by atomic mass is 16.5. The molecule has 0 atom stereocenters. The molecule has 112 valence electrons. The van der Waals surface area contributed by atoms with Crippen LogP contribution in [0.25, 0.3) is 0 Å². The second-order valence-electron chi connectivity index (χ2n) is 5.42. The number of primary amides is 1. The molecule has 0 aromatic carbocycles. The molecule has 0 unspecified atom stereocenters. The minimum Gasteiger partial charge on any atom is -0.368 e. The van der Waals surface area contributed by atoms with E-state index in [2.05, 4.69) is 10.3 Å². The maximum absolute atomic E-state index is 12.0. The van der Waals surface area contributed by atoms with Gasteiger partial charge in [0.25, 0.3) is 0 Å². The summed E-state index contributed by atoms with van der Waals surface area (Å²) in [6.07, 6.45) is 4.77. The van der Waals surface area contributed by atoms with Gasteiger partial charge < -0.3 is 20.7 Å². The molecule has 2 aliphatic rings. The van der Waals surface area contributed by atoms with Crippen LogP contribution in [0.1, 0.15) is 17.7 Å². The molecule has 3 rings (SSSR count). The van der Waals surface area contributed by atoms with Crippen LogP contribution in [0, 0.1) is 0 Å². The van der Waals surface area contributed by atoms with Crippen molar-refractivity contribution in [2.45, 2.75) is 25.4 Å². The first-order valence-electron chi connectivity index (χ1n) is 7.05. The van der Waals surface area contributed by atoms with Gasteiger partial charge in [0.05, 0.1) is 31.1 Å². The van der Waals surface area contributed by atoms with Crippen molar-refractivity contribution in [3.8, 4) is 0 Å². The zero-order valence-corrected chi connectivity index (χ0v) is 11.7. The molecule has 0 radical (unpaired) electrons. The van der Waals surface area contributed by atoms with Crippen molar-refractivity contribution in [2.24, 2.45) is 5.73 Å². The van der Waals surface area contributed by atoms with Gasteiger partial charge in [-0.2, -0.15) is 0 Å². The Labute approximate surface area is 122 Å². The van der Waals surface area contributed by atoms with E-state index in [9.17, 15) is 9.59 Å². The number of nitrogens with two attached hydrogens (primary N) is 1. The summed E-state index contributed by atoms with van der Waals surface area (Å²) in [5.74, 6) is -0.498. The van der Waals surface area contributed by atoms with E-state index in [4.69, 9.17) is 10.5 Å². The Morgan fingerprint density at radius 2 is 2.24 bits per heavy atom. The van der Waals surface area contributed by atoms with Crippen molar-refractivity contribution in [3.63, 3.8) is 0 Å².